The standard InChI is InChI=1S/C33H39BrN2O3/c1-33(2,3)26-16-18-29(19-17-26)39-23-31(37)36(22-25-12-9-13-27(34)20-25)30(21-24-10-5-4-6-11-24)32(38)35-28-14-7-8-15-28/h4-6,9-13,16-20,28,30H,7-8,14-15,21-23H2,1-3H3,(H,35,38). The fourth-order valence-electron chi connectivity index (χ4n) is 5.03. The minimum absolute atomic E-state index is 0.0342. The summed E-state index contributed by atoms with van der Waals surface area (Å²) in [6, 6.07) is 25.1. The Labute approximate surface area is 241 Å². The van der Waals surface area contributed by atoms with E-state index in [0.29, 0.717) is 18.7 Å². The molecule has 39 heavy (non-hydrogen) atoms. The second kappa shape index (κ2) is 13.3. The number of hydrogen-bond donors (Lipinski definition) is 1. The van der Waals surface area contributed by atoms with Crippen molar-refractivity contribution in [2.75, 3.05) is 6.61 Å². The third kappa shape index (κ3) is 8.43. The minimum Gasteiger partial charge on any atom is -0.484 e. The van der Waals surface area contributed by atoms with Crippen LogP contribution in [-0.4, -0.2) is 35.4 Å². The zero-order valence-corrected chi connectivity index (χ0v) is 24.7. The molecule has 0 bridgehead atoms. The quantitative estimate of drug-likeness (QED) is 0.282. The van der Waals surface area contributed by atoms with E-state index in [4.69, 9.17) is 4.74 Å². The van der Waals surface area contributed by atoms with E-state index in [2.05, 4.69) is 42.0 Å². The van der Waals surface area contributed by atoms with Crippen LogP contribution in [0.5, 0.6) is 5.75 Å². The predicted octanol–water partition coefficient (Wildman–Crippen LogP) is 6.82. The number of ether oxygens (including phenoxy) is 1. The largest absolute Gasteiger partial charge is 0.484 e. The maximum atomic E-state index is 13.8. The Hall–Kier alpha value is -3.12. The average molecular weight is 592 g/mol. The van der Waals surface area contributed by atoms with Gasteiger partial charge in [-0.25, -0.2) is 0 Å². The highest BCUT2D eigenvalue weighted by Gasteiger charge is 2.32. The molecule has 5 nitrogen and oxygen atoms in total. The summed E-state index contributed by atoms with van der Waals surface area (Å²) in [6.45, 7) is 6.64. The van der Waals surface area contributed by atoms with E-state index < -0.39 is 6.04 Å². The third-order valence-electron chi connectivity index (χ3n) is 7.30. The van der Waals surface area contributed by atoms with Gasteiger partial charge >= 0.3 is 0 Å². The number of rotatable bonds is 10. The summed E-state index contributed by atoms with van der Waals surface area (Å²) < 4.78 is 6.89. The molecule has 1 atom stereocenters. The second-order valence-electron chi connectivity index (χ2n) is 11.4. The molecule has 3 aromatic carbocycles. The molecule has 6 heteroatoms. The van der Waals surface area contributed by atoms with Crippen molar-refractivity contribution in [1.82, 2.24) is 10.2 Å². The SMILES string of the molecule is CC(C)(C)c1ccc(OCC(=O)N(Cc2cccc(Br)c2)C(Cc2ccccc2)C(=O)NC2CCCC2)cc1. The topological polar surface area (TPSA) is 58.6 Å². The molecule has 1 saturated carbocycles. The molecule has 1 fully saturated rings. The van der Waals surface area contributed by atoms with Crippen molar-refractivity contribution in [3.05, 3.63) is 100 Å². The van der Waals surface area contributed by atoms with Crippen LogP contribution in [0.1, 0.15) is 63.1 Å². The van der Waals surface area contributed by atoms with Crippen LogP contribution in [0.4, 0.5) is 0 Å². The fraction of sp³-hybridized carbons (Fsp3) is 0.394. The van der Waals surface area contributed by atoms with Gasteiger partial charge in [0.25, 0.3) is 5.91 Å². The van der Waals surface area contributed by atoms with Crippen LogP contribution < -0.4 is 10.1 Å². The van der Waals surface area contributed by atoms with Gasteiger partial charge in [0, 0.05) is 23.5 Å². The van der Waals surface area contributed by atoms with Crippen LogP contribution in [0, 0.1) is 0 Å². The summed E-state index contributed by atoms with van der Waals surface area (Å²) in [5.41, 5.74) is 3.18. The maximum Gasteiger partial charge on any atom is 0.261 e. The molecule has 1 unspecified atom stereocenters. The van der Waals surface area contributed by atoms with E-state index in [1.54, 1.807) is 4.90 Å². The van der Waals surface area contributed by atoms with Gasteiger partial charge in [-0.1, -0.05) is 104 Å². The number of benzene rings is 3. The highest BCUT2D eigenvalue weighted by molar-refractivity contribution is 9.10. The van der Waals surface area contributed by atoms with Crippen molar-refractivity contribution in [3.8, 4) is 5.75 Å². The average Bonchev–Trinajstić information content (AvgIpc) is 3.42. The Morgan fingerprint density at radius 3 is 2.26 bits per heavy atom. The Kier molecular flexibility index (Phi) is 9.84. The molecule has 206 valence electrons. The van der Waals surface area contributed by atoms with E-state index in [9.17, 15) is 9.59 Å². The fourth-order valence-corrected chi connectivity index (χ4v) is 5.48. The van der Waals surface area contributed by atoms with Crippen molar-refractivity contribution in [3.63, 3.8) is 0 Å². The summed E-state index contributed by atoms with van der Waals surface area (Å²) in [5.74, 6) is 0.301. The smallest absolute Gasteiger partial charge is 0.261 e. The third-order valence-corrected chi connectivity index (χ3v) is 7.79. The van der Waals surface area contributed by atoms with E-state index >= 15 is 0 Å². The van der Waals surface area contributed by atoms with Gasteiger partial charge < -0.3 is 15.0 Å². The highest BCUT2D eigenvalue weighted by Crippen LogP contribution is 2.25. The zero-order valence-electron chi connectivity index (χ0n) is 23.2. The van der Waals surface area contributed by atoms with E-state index in [1.807, 2.05) is 78.9 Å². The monoisotopic (exact) mass is 590 g/mol. The van der Waals surface area contributed by atoms with Crippen LogP contribution in [0.3, 0.4) is 0 Å². The first-order valence-electron chi connectivity index (χ1n) is 13.8. The van der Waals surface area contributed by atoms with Gasteiger partial charge in [-0.05, 0) is 59.2 Å². The lowest BCUT2D eigenvalue weighted by atomic mass is 9.87. The van der Waals surface area contributed by atoms with Crippen molar-refractivity contribution >= 4 is 27.7 Å². The van der Waals surface area contributed by atoms with Gasteiger partial charge in [-0.3, -0.25) is 9.59 Å². The maximum absolute atomic E-state index is 13.8. The van der Waals surface area contributed by atoms with Crippen LogP contribution in [-0.2, 0) is 28.0 Å². The number of nitrogens with zero attached hydrogens (tertiary/aromatic N) is 1. The molecule has 3 aromatic rings. The van der Waals surface area contributed by atoms with Crippen molar-refractivity contribution < 1.29 is 14.3 Å². The van der Waals surface area contributed by atoms with Gasteiger partial charge in [0.1, 0.15) is 11.8 Å². The Morgan fingerprint density at radius 2 is 1.62 bits per heavy atom. The minimum atomic E-state index is -0.661. The zero-order chi connectivity index (χ0) is 27.8. The number of carbonyl (C=O) groups excluding carboxylic acids is 2. The first-order chi connectivity index (χ1) is 18.7. The number of carbonyl (C=O) groups is 2. The molecule has 2 amide bonds. The molecule has 1 aliphatic carbocycles. The molecule has 0 saturated heterocycles. The molecule has 0 spiro atoms. The number of amides is 2. The van der Waals surface area contributed by atoms with E-state index in [-0.39, 0.29) is 29.9 Å². The molecule has 0 heterocycles. The van der Waals surface area contributed by atoms with Gasteiger partial charge in [-0.2, -0.15) is 0 Å². The molecular weight excluding hydrogens is 552 g/mol. The van der Waals surface area contributed by atoms with Gasteiger partial charge in [0.2, 0.25) is 5.91 Å². The molecule has 0 aromatic heterocycles. The first kappa shape index (κ1) is 28.9. The lowest BCUT2D eigenvalue weighted by Crippen LogP contribution is -2.53. The normalized spacial score (nSPS) is 14.6. The van der Waals surface area contributed by atoms with E-state index in [0.717, 1.165) is 41.3 Å². The van der Waals surface area contributed by atoms with Crippen LogP contribution in [0.2, 0.25) is 0 Å². The molecule has 1 aliphatic rings. The summed E-state index contributed by atoms with van der Waals surface area (Å²) in [7, 11) is 0. The molecular formula is C33H39BrN2O3. The summed E-state index contributed by atoms with van der Waals surface area (Å²) in [5, 5.41) is 3.24. The summed E-state index contributed by atoms with van der Waals surface area (Å²) in [6.07, 6.45) is 4.64. The number of halogens is 1. The van der Waals surface area contributed by atoms with Crippen molar-refractivity contribution in [2.24, 2.45) is 0 Å². The van der Waals surface area contributed by atoms with Gasteiger partial charge in [0.05, 0.1) is 0 Å². The Balaban J connectivity index is 1.58. The molecule has 0 radical (unpaired) electrons. The highest BCUT2D eigenvalue weighted by atomic mass is 79.9. The van der Waals surface area contributed by atoms with Crippen LogP contribution in [0.25, 0.3) is 0 Å². The predicted molar refractivity (Wildman–Crippen MR) is 160 cm³/mol. The van der Waals surface area contributed by atoms with Gasteiger partial charge in [0.15, 0.2) is 6.61 Å². The lowest BCUT2D eigenvalue weighted by Gasteiger charge is -2.32. The number of hydrogen-bond acceptors (Lipinski definition) is 3. The van der Waals surface area contributed by atoms with Crippen molar-refractivity contribution in [2.45, 2.75) is 76.9 Å². The molecule has 1 N–H and O–H groups in total. The Morgan fingerprint density at radius 1 is 0.949 bits per heavy atom. The molecule has 4 rings (SSSR count). The summed E-state index contributed by atoms with van der Waals surface area (Å²) >= 11 is 3.54. The molecule has 0 aliphatic heterocycles. The van der Waals surface area contributed by atoms with Gasteiger partial charge in [-0.15, -0.1) is 0 Å². The van der Waals surface area contributed by atoms with Crippen molar-refractivity contribution in [1.29, 1.82) is 0 Å². The summed E-state index contributed by atoms with van der Waals surface area (Å²) in [4.78, 5) is 29.3. The van der Waals surface area contributed by atoms with E-state index in [1.165, 1.54) is 5.56 Å². The lowest BCUT2D eigenvalue weighted by molar-refractivity contribution is -0.143. The number of nitrogens with one attached hydrogen (secondary N) is 1. The second-order valence-corrected chi connectivity index (χ2v) is 12.3. The van der Waals surface area contributed by atoms with Crippen LogP contribution >= 0.6 is 15.9 Å². The van der Waals surface area contributed by atoms with Crippen LogP contribution in [0.15, 0.2) is 83.3 Å². The Bertz CT molecular complexity index is 1230. The first-order valence-corrected chi connectivity index (χ1v) is 14.6.